The van der Waals surface area contributed by atoms with E-state index < -0.39 is 11.2 Å². The van der Waals surface area contributed by atoms with Crippen LogP contribution in [0.5, 0.6) is 11.5 Å². The topological polar surface area (TPSA) is 114 Å². The fourth-order valence-electron chi connectivity index (χ4n) is 5.12. The summed E-state index contributed by atoms with van der Waals surface area (Å²) in [7, 11) is 3.36. The van der Waals surface area contributed by atoms with Crippen molar-refractivity contribution in [1.29, 1.82) is 0 Å². The van der Waals surface area contributed by atoms with Crippen LogP contribution in [0.1, 0.15) is 30.4 Å². The van der Waals surface area contributed by atoms with Gasteiger partial charge in [-0.2, -0.15) is 0 Å². The van der Waals surface area contributed by atoms with Crippen LogP contribution in [0.25, 0.3) is 0 Å². The van der Waals surface area contributed by atoms with Gasteiger partial charge in [-0.25, -0.2) is 0 Å². The first-order valence-electron chi connectivity index (χ1n) is 13.4. The lowest BCUT2D eigenvalue weighted by Gasteiger charge is -2.39. The predicted molar refractivity (Wildman–Crippen MR) is 145 cm³/mol. The van der Waals surface area contributed by atoms with Crippen LogP contribution in [-0.2, 0) is 25.7 Å². The molecule has 0 amide bonds. The van der Waals surface area contributed by atoms with Crippen LogP contribution >= 0.6 is 0 Å². The Bertz CT molecular complexity index is 1050. The standard InChI is InChI=1S/C28H39N3O8/c1-20(39-31(32)33)18-37-26-16-29-17-27(28(26)22-6-8-23(35-3)9-7-22)38-19-21-5-10-25-24(15-21)30(12-14-36-25)11-4-13-34-2/h5-10,15,20,26-29H,4,11-14,16-19H2,1-3H3/t20-,26-,27+,28+/m1/s1. The lowest BCUT2D eigenvalue weighted by Crippen LogP contribution is -2.51. The van der Waals surface area contributed by atoms with E-state index in [4.69, 9.17) is 23.7 Å². The highest BCUT2D eigenvalue weighted by Gasteiger charge is 2.36. The normalized spacial score (nSPS) is 21.5. The summed E-state index contributed by atoms with van der Waals surface area (Å²) in [5.74, 6) is 1.56. The molecule has 4 rings (SSSR count). The highest BCUT2D eigenvalue weighted by molar-refractivity contribution is 5.61. The summed E-state index contributed by atoms with van der Waals surface area (Å²) in [6.07, 6.45) is -0.180. The second kappa shape index (κ2) is 14.3. The summed E-state index contributed by atoms with van der Waals surface area (Å²) in [5, 5.41) is 13.3. The number of piperidine rings is 1. The molecule has 0 spiro atoms. The Morgan fingerprint density at radius 2 is 1.90 bits per heavy atom. The Kier molecular flexibility index (Phi) is 10.6. The van der Waals surface area contributed by atoms with Crippen LogP contribution in [0.15, 0.2) is 42.5 Å². The van der Waals surface area contributed by atoms with Crippen molar-refractivity contribution >= 4 is 5.69 Å². The van der Waals surface area contributed by atoms with E-state index in [1.807, 2.05) is 36.4 Å². The summed E-state index contributed by atoms with van der Waals surface area (Å²) in [6.45, 7) is 6.50. The lowest BCUT2D eigenvalue weighted by molar-refractivity contribution is -0.768. The minimum Gasteiger partial charge on any atom is -0.497 e. The molecule has 2 aromatic carbocycles. The largest absolute Gasteiger partial charge is 0.497 e. The SMILES string of the molecule is COCCCN1CCOc2ccc(CO[C@H]3CNC[C@@H](OC[C@@H](C)O[N+](=O)[O-])[C@@H]3c3ccc(OC)cc3)cc21. The number of hydrogen-bond donors (Lipinski definition) is 1. The van der Waals surface area contributed by atoms with Crippen molar-refractivity contribution in [1.82, 2.24) is 5.32 Å². The molecule has 214 valence electrons. The van der Waals surface area contributed by atoms with Gasteiger partial charge in [0.15, 0.2) is 0 Å². The molecule has 2 aliphatic rings. The number of fused-ring (bicyclic) bond motifs is 1. The maximum absolute atomic E-state index is 10.7. The van der Waals surface area contributed by atoms with E-state index in [-0.39, 0.29) is 24.7 Å². The van der Waals surface area contributed by atoms with Gasteiger partial charge < -0.3 is 38.7 Å². The second-order valence-electron chi connectivity index (χ2n) is 9.80. The van der Waals surface area contributed by atoms with E-state index in [1.165, 1.54) is 0 Å². The summed E-state index contributed by atoms with van der Waals surface area (Å²) >= 11 is 0. The molecule has 0 aliphatic carbocycles. The molecule has 39 heavy (non-hydrogen) atoms. The molecular formula is C28H39N3O8. The summed E-state index contributed by atoms with van der Waals surface area (Å²) in [6, 6.07) is 14.1. The van der Waals surface area contributed by atoms with Gasteiger partial charge in [0, 0.05) is 39.3 Å². The summed E-state index contributed by atoms with van der Waals surface area (Å²) in [5.41, 5.74) is 3.19. The quantitative estimate of drug-likeness (QED) is 0.216. The zero-order valence-electron chi connectivity index (χ0n) is 22.9. The van der Waals surface area contributed by atoms with Gasteiger partial charge in [-0.3, -0.25) is 0 Å². The summed E-state index contributed by atoms with van der Waals surface area (Å²) < 4.78 is 29.1. The van der Waals surface area contributed by atoms with Crippen LogP contribution in [0.2, 0.25) is 0 Å². The lowest BCUT2D eigenvalue weighted by atomic mass is 9.85. The molecule has 0 aromatic heterocycles. The molecule has 0 unspecified atom stereocenters. The van der Waals surface area contributed by atoms with E-state index in [1.54, 1.807) is 21.1 Å². The van der Waals surface area contributed by atoms with Crippen LogP contribution in [0.4, 0.5) is 5.69 Å². The Hall–Kier alpha value is -3.12. The smallest absolute Gasteiger partial charge is 0.294 e. The number of anilines is 1. The van der Waals surface area contributed by atoms with Crippen molar-refractivity contribution in [3.05, 3.63) is 63.7 Å². The maximum Gasteiger partial charge on any atom is 0.294 e. The van der Waals surface area contributed by atoms with E-state index in [0.29, 0.717) is 26.3 Å². The van der Waals surface area contributed by atoms with Crippen molar-refractivity contribution in [3.63, 3.8) is 0 Å². The Labute approximate surface area is 229 Å². The molecule has 0 radical (unpaired) electrons. The maximum atomic E-state index is 10.7. The first-order valence-corrected chi connectivity index (χ1v) is 13.4. The fourth-order valence-corrected chi connectivity index (χ4v) is 5.12. The molecule has 1 fully saturated rings. The Morgan fingerprint density at radius 3 is 2.62 bits per heavy atom. The number of methoxy groups -OCH3 is 2. The van der Waals surface area contributed by atoms with Gasteiger partial charge in [-0.1, -0.05) is 18.2 Å². The van der Waals surface area contributed by atoms with Gasteiger partial charge in [0.05, 0.1) is 44.8 Å². The number of benzene rings is 2. The van der Waals surface area contributed by atoms with E-state index in [2.05, 4.69) is 21.1 Å². The monoisotopic (exact) mass is 545 g/mol. The van der Waals surface area contributed by atoms with Crippen molar-refractivity contribution in [2.75, 3.05) is 65.1 Å². The minimum atomic E-state index is -0.789. The van der Waals surface area contributed by atoms with E-state index in [0.717, 1.165) is 54.4 Å². The zero-order chi connectivity index (χ0) is 27.6. The van der Waals surface area contributed by atoms with Gasteiger partial charge in [0.1, 0.15) is 24.2 Å². The van der Waals surface area contributed by atoms with Gasteiger partial charge in [-0.15, -0.1) is 10.1 Å². The fraction of sp³-hybridized carbons (Fsp3) is 0.571. The van der Waals surface area contributed by atoms with Crippen molar-refractivity contribution in [2.45, 2.75) is 44.2 Å². The molecule has 0 bridgehead atoms. The van der Waals surface area contributed by atoms with Crippen LogP contribution in [-0.4, -0.2) is 83.6 Å². The van der Waals surface area contributed by atoms with Crippen molar-refractivity contribution in [3.8, 4) is 11.5 Å². The average Bonchev–Trinajstić information content (AvgIpc) is 2.95. The van der Waals surface area contributed by atoms with Gasteiger partial charge >= 0.3 is 0 Å². The third kappa shape index (κ3) is 7.95. The first-order chi connectivity index (χ1) is 19.0. The number of nitrogens with zero attached hydrogens (tertiary/aromatic N) is 2. The van der Waals surface area contributed by atoms with Crippen molar-refractivity contribution < 1.29 is 33.6 Å². The Balaban J connectivity index is 1.48. The molecule has 2 heterocycles. The van der Waals surface area contributed by atoms with Crippen molar-refractivity contribution in [2.24, 2.45) is 0 Å². The second-order valence-corrected chi connectivity index (χ2v) is 9.80. The highest BCUT2D eigenvalue weighted by Crippen LogP contribution is 2.35. The van der Waals surface area contributed by atoms with E-state index >= 15 is 0 Å². The molecule has 0 saturated carbocycles. The molecule has 11 nitrogen and oxygen atoms in total. The number of rotatable bonds is 14. The number of ether oxygens (including phenoxy) is 5. The van der Waals surface area contributed by atoms with Crippen LogP contribution in [0.3, 0.4) is 0 Å². The van der Waals surface area contributed by atoms with Gasteiger partial charge in [-0.05, 0) is 48.7 Å². The van der Waals surface area contributed by atoms with Gasteiger partial charge in [0.2, 0.25) is 0 Å². The molecule has 2 aromatic rings. The third-order valence-corrected chi connectivity index (χ3v) is 7.03. The van der Waals surface area contributed by atoms with Crippen LogP contribution in [0, 0.1) is 10.1 Å². The number of nitrogens with one attached hydrogen (secondary N) is 1. The first kappa shape index (κ1) is 28.9. The Morgan fingerprint density at radius 1 is 1.13 bits per heavy atom. The number of hydrogen-bond acceptors (Lipinski definition) is 10. The summed E-state index contributed by atoms with van der Waals surface area (Å²) in [4.78, 5) is 17.7. The highest BCUT2D eigenvalue weighted by atomic mass is 17.0. The molecule has 2 aliphatic heterocycles. The molecular weight excluding hydrogens is 506 g/mol. The third-order valence-electron chi connectivity index (χ3n) is 7.03. The minimum absolute atomic E-state index is 0.0912. The van der Waals surface area contributed by atoms with Gasteiger partial charge in [0.25, 0.3) is 5.09 Å². The average molecular weight is 546 g/mol. The molecule has 1 N–H and O–H groups in total. The van der Waals surface area contributed by atoms with E-state index in [9.17, 15) is 10.1 Å². The molecule has 4 atom stereocenters. The molecule has 1 saturated heterocycles. The molecule has 11 heteroatoms. The predicted octanol–water partition coefficient (Wildman–Crippen LogP) is 3.18. The zero-order valence-corrected chi connectivity index (χ0v) is 22.9. The van der Waals surface area contributed by atoms with Crippen LogP contribution < -0.4 is 19.7 Å².